The van der Waals surface area contributed by atoms with E-state index in [1.165, 1.54) is 27.4 Å². The lowest BCUT2D eigenvalue weighted by Gasteiger charge is -2.20. The predicted octanol–water partition coefficient (Wildman–Crippen LogP) is 2.00. The van der Waals surface area contributed by atoms with Crippen LogP contribution in [-0.4, -0.2) is 29.6 Å². The van der Waals surface area contributed by atoms with Gasteiger partial charge in [-0.05, 0) is 31.2 Å². The summed E-state index contributed by atoms with van der Waals surface area (Å²) in [5, 5.41) is 0.681. The average molecular weight is 465 g/mol. The first-order valence-corrected chi connectivity index (χ1v) is 11.7. The van der Waals surface area contributed by atoms with Gasteiger partial charge in [0.2, 0.25) is 5.91 Å². The molecule has 0 N–H and O–H groups in total. The van der Waals surface area contributed by atoms with Gasteiger partial charge in [0.1, 0.15) is 6.54 Å². The second-order valence-electron chi connectivity index (χ2n) is 8.29. The first-order chi connectivity index (χ1) is 15.9. The number of carbonyl (C=O) groups is 1. The molecule has 1 aromatic carbocycles. The van der Waals surface area contributed by atoms with Crippen molar-refractivity contribution >= 4 is 33.5 Å². The number of carbonyl (C=O) groups excluding carboxylic acids is 1. The molecular formula is C23H24N6O3S. The SMILES string of the molecule is Cn1c(=O)c2c(ncn2CC(=O)N(Cc2ccccc2)c2nc3c(s2)CCCC3)n(C)c1=O. The third kappa shape index (κ3) is 3.80. The van der Waals surface area contributed by atoms with Gasteiger partial charge in [0, 0.05) is 19.0 Å². The summed E-state index contributed by atoms with van der Waals surface area (Å²) in [6.45, 7) is 0.302. The molecule has 3 aromatic heterocycles. The third-order valence-electron chi connectivity index (χ3n) is 6.07. The van der Waals surface area contributed by atoms with Crippen molar-refractivity contribution in [3.8, 4) is 0 Å². The Balaban J connectivity index is 1.53. The van der Waals surface area contributed by atoms with Crippen LogP contribution >= 0.6 is 11.3 Å². The van der Waals surface area contributed by atoms with E-state index in [1.807, 2.05) is 30.3 Å². The Kier molecular flexibility index (Phi) is 5.45. The molecule has 0 fully saturated rings. The van der Waals surface area contributed by atoms with Crippen LogP contribution in [0.4, 0.5) is 5.13 Å². The molecule has 4 aromatic rings. The van der Waals surface area contributed by atoms with Crippen LogP contribution in [0.2, 0.25) is 0 Å². The van der Waals surface area contributed by atoms with E-state index in [-0.39, 0.29) is 23.6 Å². The number of thiazole rings is 1. The summed E-state index contributed by atoms with van der Waals surface area (Å²) in [5.41, 5.74) is 1.64. The Bertz CT molecular complexity index is 1440. The van der Waals surface area contributed by atoms with Gasteiger partial charge in [0.25, 0.3) is 5.56 Å². The molecule has 1 aliphatic carbocycles. The molecule has 9 nitrogen and oxygen atoms in total. The van der Waals surface area contributed by atoms with Gasteiger partial charge in [0.05, 0.1) is 18.6 Å². The lowest BCUT2D eigenvalue weighted by atomic mass is 10.0. The van der Waals surface area contributed by atoms with Gasteiger partial charge >= 0.3 is 5.69 Å². The fourth-order valence-corrected chi connectivity index (χ4v) is 5.39. The van der Waals surface area contributed by atoms with Crippen molar-refractivity contribution in [2.24, 2.45) is 14.1 Å². The molecule has 0 spiro atoms. The molecule has 0 bridgehead atoms. The van der Waals surface area contributed by atoms with Crippen molar-refractivity contribution in [2.75, 3.05) is 4.90 Å². The summed E-state index contributed by atoms with van der Waals surface area (Å²) in [7, 11) is 2.98. The Morgan fingerprint density at radius 1 is 1.09 bits per heavy atom. The van der Waals surface area contributed by atoms with Gasteiger partial charge in [-0.15, -0.1) is 11.3 Å². The number of imidazole rings is 1. The number of rotatable bonds is 5. The van der Waals surface area contributed by atoms with E-state index >= 15 is 0 Å². The van der Waals surface area contributed by atoms with Crippen LogP contribution in [0.3, 0.4) is 0 Å². The van der Waals surface area contributed by atoms with Crippen LogP contribution in [0.5, 0.6) is 0 Å². The van der Waals surface area contributed by atoms with E-state index in [4.69, 9.17) is 4.98 Å². The zero-order valence-electron chi connectivity index (χ0n) is 18.5. The van der Waals surface area contributed by atoms with E-state index in [9.17, 15) is 14.4 Å². The van der Waals surface area contributed by atoms with E-state index < -0.39 is 11.2 Å². The van der Waals surface area contributed by atoms with Crippen molar-refractivity contribution < 1.29 is 4.79 Å². The van der Waals surface area contributed by atoms with Gasteiger partial charge in [-0.2, -0.15) is 0 Å². The topological polar surface area (TPSA) is 95.0 Å². The molecule has 1 aliphatic rings. The predicted molar refractivity (Wildman–Crippen MR) is 127 cm³/mol. The van der Waals surface area contributed by atoms with Crippen molar-refractivity contribution in [2.45, 2.75) is 38.8 Å². The number of nitrogens with zero attached hydrogens (tertiary/aromatic N) is 6. The number of hydrogen-bond donors (Lipinski definition) is 0. The molecule has 5 rings (SSSR count). The molecule has 0 atom stereocenters. The highest BCUT2D eigenvalue weighted by Crippen LogP contribution is 2.32. The fraction of sp³-hybridized carbons (Fsp3) is 0.348. The number of aromatic nitrogens is 5. The number of aryl methyl sites for hydroxylation is 3. The van der Waals surface area contributed by atoms with Crippen molar-refractivity contribution in [3.05, 3.63) is 73.6 Å². The van der Waals surface area contributed by atoms with Gasteiger partial charge in [-0.1, -0.05) is 30.3 Å². The van der Waals surface area contributed by atoms with E-state index in [0.29, 0.717) is 11.7 Å². The smallest absolute Gasteiger partial charge is 0.315 e. The second kappa shape index (κ2) is 8.43. The van der Waals surface area contributed by atoms with Crippen molar-refractivity contribution in [1.29, 1.82) is 0 Å². The summed E-state index contributed by atoms with van der Waals surface area (Å²) < 4.78 is 3.86. The number of anilines is 1. The minimum atomic E-state index is -0.474. The second-order valence-corrected chi connectivity index (χ2v) is 9.35. The highest BCUT2D eigenvalue weighted by molar-refractivity contribution is 7.15. The lowest BCUT2D eigenvalue weighted by molar-refractivity contribution is -0.119. The van der Waals surface area contributed by atoms with Crippen LogP contribution < -0.4 is 16.1 Å². The van der Waals surface area contributed by atoms with E-state index in [1.54, 1.807) is 23.3 Å². The highest BCUT2D eigenvalue weighted by Gasteiger charge is 2.25. The quantitative estimate of drug-likeness (QED) is 0.450. The number of hydrogen-bond acceptors (Lipinski definition) is 6. The first kappa shape index (κ1) is 21.3. The van der Waals surface area contributed by atoms with Crippen molar-refractivity contribution in [1.82, 2.24) is 23.7 Å². The molecule has 1 amide bonds. The number of fused-ring (bicyclic) bond motifs is 2. The molecule has 0 radical (unpaired) electrons. The van der Waals surface area contributed by atoms with E-state index in [2.05, 4.69) is 4.98 Å². The number of amides is 1. The highest BCUT2D eigenvalue weighted by atomic mass is 32.1. The molecule has 10 heteroatoms. The minimum absolute atomic E-state index is 0.0823. The minimum Gasteiger partial charge on any atom is -0.315 e. The maximum atomic E-state index is 13.6. The van der Waals surface area contributed by atoms with Gasteiger partial charge < -0.3 is 4.57 Å². The Labute approximate surface area is 193 Å². The van der Waals surface area contributed by atoms with Gasteiger partial charge in [0.15, 0.2) is 16.3 Å². The third-order valence-corrected chi connectivity index (χ3v) is 7.25. The molecule has 0 aliphatic heterocycles. The van der Waals surface area contributed by atoms with Crippen LogP contribution in [0.1, 0.15) is 29.0 Å². The zero-order chi connectivity index (χ0) is 23.1. The summed E-state index contributed by atoms with van der Waals surface area (Å²) in [5.74, 6) is -0.194. The molecule has 0 saturated heterocycles. The normalized spacial score (nSPS) is 13.3. The van der Waals surface area contributed by atoms with Crippen molar-refractivity contribution in [3.63, 3.8) is 0 Å². The Morgan fingerprint density at radius 2 is 1.85 bits per heavy atom. The fourth-order valence-electron chi connectivity index (χ4n) is 4.23. The van der Waals surface area contributed by atoms with Crippen LogP contribution in [-0.2, 0) is 44.8 Å². The maximum Gasteiger partial charge on any atom is 0.332 e. The van der Waals surface area contributed by atoms with Crippen LogP contribution in [0.15, 0.2) is 46.2 Å². The largest absolute Gasteiger partial charge is 0.332 e. The molecule has 0 unspecified atom stereocenters. The monoisotopic (exact) mass is 464 g/mol. The van der Waals surface area contributed by atoms with Gasteiger partial charge in [-0.25, -0.2) is 14.8 Å². The first-order valence-electron chi connectivity index (χ1n) is 10.9. The Hall–Kier alpha value is -3.53. The summed E-state index contributed by atoms with van der Waals surface area (Å²) in [4.78, 5) is 50.6. The summed E-state index contributed by atoms with van der Waals surface area (Å²) in [6, 6.07) is 9.78. The average Bonchev–Trinajstić information content (AvgIpc) is 3.44. The zero-order valence-corrected chi connectivity index (χ0v) is 19.3. The summed E-state index contributed by atoms with van der Waals surface area (Å²) in [6.07, 6.45) is 5.64. The molecule has 170 valence electrons. The van der Waals surface area contributed by atoms with Gasteiger partial charge in [-0.3, -0.25) is 23.6 Å². The Morgan fingerprint density at radius 3 is 2.61 bits per heavy atom. The molecule has 0 saturated carbocycles. The number of benzene rings is 1. The maximum absolute atomic E-state index is 13.6. The van der Waals surface area contributed by atoms with Crippen LogP contribution in [0.25, 0.3) is 11.2 Å². The molecular weight excluding hydrogens is 440 g/mol. The molecule has 3 heterocycles. The van der Waals surface area contributed by atoms with Crippen LogP contribution in [0, 0.1) is 0 Å². The lowest BCUT2D eigenvalue weighted by Crippen LogP contribution is -2.38. The standard InChI is InChI=1S/C23H24N6O3S/c1-26-20-19(21(31)27(2)23(26)32)28(14-24-20)13-18(30)29(12-15-8-4-3-5-9-15)22-25-16-10-6-7-11-17(16)33-22/h3-5,8-9,14H,6-7,10-13H2,1-2H3. The summed E-state index contributed by atoms with van der Waals surface area (Å²) >= 11 is 1.58. The molecule has 33 heavy (non-hydrogen) atoms. The van der Waals surface area contributed by atoms with E-state index in [0.717, 1.165) is 41.5 Å².